The fourth-order valence-electron chi connectivity index (χ4n) is 1.68. The monoisotopic (exact) mass is 256 g/mol. The van der Waals surface area contributed by atoms with Crippen molar-refractivity contribution in [2.24, 2.45) is 17.1 Å². The molecule has 3 N–H and O–H groups in total. The van der Waals surface area contributed by atoms with Gasteiger partial charge >= 0.3 is 0 Å². The maximum Gasteiger partial charge on any atom is 0.224 e. The normalized spacial score (nSPS) is 13.1. The summed E-state index contributed by atoms with van der Waals surface area (Å²) in [5.74, 6) is -0.0853. The molecule has 4 nitrogen and oxygen atoms in total. The van der Waals surface area contributed by atoms with E-state index >= 15 is 0 Å². The average molecular weight is 256 g/mol. The predicted molar refractivity (Wildman–Crippen MR) is 75.3 cm³/mol. The maximum absolute atomic E-state index is 11.9. The van der Waals surface area contributed by atoms with Crippen molar-refractivity contribution in [3.8, 4) is 0 Å². The van der Waals surface area contributed by atoms with Gasteiger partial charge in [-0.3, -0.25) is 4.79 Å². The Morgan fingerprint density at radius 2 is 2.11 bits per heavy atom. The van der Waals surface area contributed by atoms with E-state index in [0.29, 0.717) is 26.3 Å². The van der Waals surface area contributed by atoms with Crippen molar-refractivity contribution in [1.29, 1.82) is 0 Å². The largest absolute Gasteiger partial charge is 0.379 e. The minimum Gasteiger partial charge on any atom is -0.379 e. The molecule has 0 aromatic rings. The van der Waals surface area contributed by atoms with Gasteiger partial charge in [0.25, 0.3) is 0 Å². The second kappa shape index (κ2) is 9.11. The number of carbonyl (C=O) groups is 1. The third-order valence-electron chi connectivity index (χ3n) is 2.53. The number of hydrogen-bond acceptors (Lipinski definition) is 3. The molecule has 0 saturated heterocycles. The predicted octanol–water partition coefficient (Wildman–Crippen LogP) is 1.71. The summed E-state index contributed by atoms with van der Waals surface area (Å²) in [6.07, 6.45) is 3.45. The standard InChI is InChI=1S/C14H28N2O2/c1-5-6-8-18-9-7-16-13(17)12(11-15)10-14(2,3)4/h5,12H,1,6-11,15H2,2-4H3,(H,16,17). The fourth-order valence-corrected chi connectivity index (χ4v) is 1.68. The van der Waals surface area contributed by atoms with Crippen molar-refractivity contribution < 1.29 is 9.53 Å². The molecule has 106 valence electrons. The topological polar surface area (TPSA) is 64.3 Å². The van der Waals surface area contributed by atoms with Crippen LogP contribution in [0.2, 0.25) is 0 Å². The second-order valence-electron chi connectivity index (χ2n) is 5.68. The number of ether oxygens (including phenoxy) is 1. The highest BCUT2D eigenvalue weighted by atomic mass is 16.5. The number of carbonyl (C=O) groups excluding carboxylic acids is 1. The average Bonchev–Trinajstić information content (AvgIpc) is 2.29. The van der Waals surface area contributed by atoms with Crippen LogP contribution in [-0.2, 0) is 9.53 Å². The van der Waals surface area contributed by atoms with E-state index in [9.17, 15) is 4.79 Å². The summed E-state index contributed by atoms with van der Waals surface area (Å²) in [5.41, 5.74) is 5.76. The molecule has 0 spiro atoms. The van der Waals surface area contributed by atoms with Crippen LogP contribution >= 0.6 is 0 Å². The van der Waals surface area contributed by atoms with Gasteiger partial charge < -0.3 is 15.8 Å². The molecule has 18 heavy (non-hydrogen) atoms. The highest BCUT2D eigenvalue weighted by Crippen LogP contribution is 2.23. The van der Waals surface area contributed by atoms with E-state index in [1.807, 2.05) is 6.08 Å². The Morgan fingerprint density at radius 3 is 2.61 bits per heavy atom. The first kappa shape index (κ1) is 17.1. The lowest BCUT2D eigenvalue weighted by atomic mass is 9.84. The van der Waals surface area contributed by atoms with Crippen molar-refractivity contribution >= 4 is 5.91 Å². The van der Waals surface area contributed by atoms with Gasteiger partial charge in [0.05, 0.1) is 19.1 Å². The van der Waals surface area contributed by atoms with E-state index < -0.39 is 0 Å². The summed E-state index contributed by atoms with van der Waals surface area (Å²) in [5, 5.41) is 2.86. The molecular formula is C14H28N2O2. The summed E-state index contributed by atoms with van der Waals surface area (Å²) < 4.78 is 5.32. The van der Waals surface area contributed by atoms with E-state index in [-0.39, 0.29) is 17.2 Å². The van der Waals surface area contributed by atoms with Gasteiger partial charge in [0.2, 0.25) is 5.91 Å². The first-order chi connectivity index (χ1) is 8.40. The van der Waals surface area contributed by atoms with Crippen LogP contribution in [0.5, 0.6) is 0 Å². The van der Waals surface area contributed by atoms with Gasteiger partial charge in [0.15, 0.2) is 0 Å². The second-order valence-corrected chi connectivity index (χ2v) is 5.68. The summed E-state index contributed by atoms with van der Waals surface area (Å²) in [6.45, 7) is 12.1. The minimum atomic E-state index is -0.113. The Hall–Kier alpha value is -0.870. The SMILES string of the molecule is C=CCCOCCNC(=O)C(CN)CC(C)(C)C. The molecule has 0 heterocycles. The fraction of sp³-hybridized carbons (Fsp3) is 0.786. The molecule has 0 fully saturated rings. The van der Waals surface area contributed by atoms with Crippen LogP contribution in [-0.4, -0.2) is 32.2 Å². The van der Waals surface area contributed by atoms with E-state index in [1.165, 1.54) is 0 Å². The van der Waals surface area contributed by atoms with Crippen LogP contribution in [0, 0.1) is 11.3 Å². The van der Waals surface area contributed by atoms with Crippen molar-refractivity contribution in [1.82, 2.24) is 5.32 Å². The Bertz CT molecular complexity index is 247. The number of nitrogens with two attached hydrogens (primary N) is 1. The lowest BCUT2D eigenvalue weighted by Crippen LogP contribution is -2.38. The van der Waals surface area contributed by atoms with E-state index in [2.05, 4.69) is 32.7 Å². The number of rotatable bonds is 9. The summed E-state index contributed by atoms with van der Waals surface area (Å²) in [6, 6.07) is 0. The third kappa shape index (κ3) is 9.19. The van der Waals surface area contributed by atoms with Gasteiger partial charge in [0.1, 0.15) is 0 Å². The Kier molecular flexibility index (Phi) is 8.67. The van der Waals surface area contributed by atoms with Gasteiger partial charge in [-0.05, 0) is 18.3 Å². The van der Waals surface area contributed by atoms with Gasteiger partial charge in [-0.15, -0.1) is 6.58 Å². The van der Waals surface area contributed by atoms with Crippen molar-refractivity contribution in [3.63, 3.8) is 0 Å². The van der Waals surface area contributed by atoms with Gasteiger partial charge in [-0.2, -0.15) is 0 Å². The Balaban J connectivity index is 3.81. The quantitative estimate of drug-likeness (QED) is 0.487. The first-order valence-corrected chi connectivity index (χ1v) is 6.57. The van der Waals surface area contributed by atoms with Crippen LogP contribution in [0.3, 0.4) is 0 Å². The zero-order chi connectivity index (χ0) is 14.0. The molecular weight excluding hydrogens is 228 g/mol. The highest BCUT2D eigenvalue weighted by Gasteiger charge is 2.23. The zero-order valence-corrected chi connectivity index (χ0v) is 12.0. The molecule has 0 rings (SSSR count). The number of nitrogens with one attached hydrogen (secondary N) is 1. The van der Waals surface area contributed by atoms with Crippen LogP contribution in [0.15, 0.2) is 12.7 Å². The Labute approximate surface area is 111 Å². The van der Waals surface area contributed by atoms with Crippen LogP contribution in [0.25, 0.3) is 0 Å². The van der Waals surface area contributed by atoms with Crippen LogP contribution < -0.4 is 11.1 Å². The molecule has 0 aromatic carbocycles. The molecule has 0 bridgehead atoms. The molecule has 0 aliphatic carbocycles. The zero-order valence-electron chi connectivity index (χ0n) is 12.0. The summed E-state index contributed by atoms with van der Waals surface area (Å²) in [4.78, 5) is 11.9. The highest BCUT2D eigenvalue weighted by molar-refractivity contribution is 5.78. The van der Waals surface area contributed by atoms with Crippen molar-refractivity contribution in [3.05, 3.63) is 12.7 Å². The van der Waals surface area contributed by atoms with Gasteiger partial charge in [-0.25, -0.2) is 0 Å². The number of hydrogen-bond donors (Lipinski definition) is 2. The molecule has 0 aliphatic rings. The third-order valence-corrected chi connectivity index (χ3v) is 2.53. The lowest BCUT2D eigenvalue weighted by molar-refractivity contribution is -0.125. The van der Waals surface area contributed by atoms with Gasteiger partial charge in [0, 0.05) is 13.1 Å². The molecule has 0 aromatic heterocycles. The van der Waals surface area contributed by atoms with Crippen molar-refractivity contribution in [2.45, 2.75) is 33.6 Å². The number of amides is 1. The molecule has 0 saturated carbocycles. The van der Waals surface area contributed by atoms with E-state index in [0.717, 1.165) is 12.8 Å². The molecule has 0 aliphatic heterocycles. The molecule has 0 radical (unpaired) electrons. The molecule has 1 unspecified atom stereocenters. The van der Waals surface area contributed by atoms with E-state index in [4.69, 9.17) is 10.5 Å². The van der Waals surface area contributed by atoms with Crippen molar-refractivity contribution in [2.75, 3.05) is 26.3 Å². The Morgan fingerprint density at radius 1 is 1.44 bits per heavy atom. The van der Waals surface area contributed by atoms with Crippen LogP contribution in [0.1, 0.15) is 33.6 Å². The minimum absolute atomic E-state index is 0.0275. The summed E-state index contributed by atoms with van der Waals surface area (Å²) >= 11 is 0. The molecule has 1 atom stereocenters. The molecule has 1 amide bonds. The van der Waals surface area contributed by atoms with Gasteiger partial charge in [-0.1, -0.05) is 26.8 Å². The molecule has 4 heteroatoms. The van der Waals surface area contributed by atoms with E-state index in [1.54, 1.807) is 0 Å². The lowest BCUT2D eigenvalue weighted by Gasteiger charge is -2.24. The van der Waals surface area contributed by atoms with Crippen LogP contribution in [0.4, 0.5) is 0 Å². The maximum atomic E-state index is 11.9. The first-order valence-electron chi connectivity index (χ1n) is 6.57. The summed E-state index contributed by atoms with van der Waals surface area (Å²) in [7, 11) is 0. The smallest absolute Gasteiger partial charge is 0.224 e.